The Morgan fingerprint density at radius 2 is 2.33 bits per heavy atom. The molecular weight excluding hydrogens is 198 g/mol. The van der Waals surface area contributed by atoms with Gasteiger partial charge >= 0.3 is 5.97 Å². The zero-order chi connectivity index (χ0) is 11.3. The highest BCUT2D eigenvalue weighted by atomic mass is 16.5. The van der Waals surface area contributed by atoms with Crippen LogP contribution >= 0.6 is 0 Å². The Morgan fingerprint density at radius 3 is 2.93 bits per heavy atom. The van der Waals surface area contributed by atoms with Gasteiger partial charge in [0.15, 0.2) is 0 Å². The van der Waals surface area contributed by atoms with E-state index in [1.807, 2.05) is 6.92 Å². The van der Waals surface area contributed by atoms with Crippen molar-refractivity contribution in [3.8, 4) is 0 Å². The van der Waals surface area contributed by atoms with Gasteiger partial charge in [-0.25, -0.2) is 4.79 Å². The van der Waals surface area contributed by atoms with Crippen LogP contribution in [0.1, 0.15) is 49.2 Å². The summed E-state index contributed by atoms with van der Waals surface area (Å²) in [7, 11) is 0. The van der Waals surface area contributed by atoms with Crippen molar-refractivity contribution in [3.05, 3.63) is 11.7 Å². The van der Waals surface area contributed by atoms with Crippen LogP contribution in [0.3, 0.4) is 0 Å². The van der Waals surface area contributed by atoms with E-state index < -0.39 is 5.97 Å². The standard InChI is InChI=1S/C9H15N3O3/c1-3-5-6(10)8-11-7(12-15-8)9(13)14-4-2/h6H,3-5,10H2,1-2H3/t6-/m0/s1. The molecule has 0 aliphatic rings. The van der Waals surface area contributed by atoms with Crippen LogP contribution in [0.25, 0.3) is 0 Å². The topological polar surface area (TPSA) is 91.2 Å². The minimum Gasteiger partial charge on any atom is -0.460 e. The van der Waals surface area contributed by atoms with Gasteiger partial charge in [0, 0.05) is 0 Å². The second-order valence-corrected chi connectivity index (χ2v) is 3.07. The lowest BCUT2D eigenvalue weighted by Gasteiger charge is -2.01. The van der Waals surface area contributed by atoms with Gasteiger partial charge in [-0.3, -0.25) is 0 Å². The van der Waals surface area contributed by atoms with Crippen molar-refractivity contribution < 1.29 is 14.1 Å². The maximum atomic E-state index is 11.2. The van der Waals surface area contributed by atoms with E-state index in [1.54, 1.807) is 6.92 Å². The lowest BCUT2D eigenvalue weighted by atomic mass is 10.2. The molecule has 1 rings (SSSR count). The van der Waals surface area contributed by atoms with Gasteiger partial charge in [-0.1, -0.05) is 13.3 Å². The summed E-state index contributed by atoms with van der Waals surface area (Å²) in [5.74, 6) is -0.380. The first-order valence-electron chi connectivity index (χ1n) is 4.95. The van der Waals surface area contributed by atoms with Crippen LogP contribution in [-0.4, -0.2) is 22.7 Å². The highest BCUT2D eigenvalue weighted by Gasteiger charge is 2.18. The molecule has 0 unspecified atom stereocenters. The number of carbonyl (C=O) groups excluding carboxylic acids is 1. The molecule has 15 heavy (non-hydrogen) atoms. The highest BCUT2D eigenvalue weighted by molar-refractivity contribution is 5.84. The van der Waals surface area contributed by atoms with Gasteiger partial charge in [-0.05, 0) is 18.5 Å². The normalized spacial score (nSPS) is 12.5. The number of nitrogens with two attached hydrogens (primary N) is 1. The van der Waals surface area contributed by atoms with Crippen LogP contribution in [0.5, 0.6) is 0 Å². The Balaban J connectivity index is 2.67. The summed E-state index contributed by atoms with van der Waals surface area (Å²) < 4.78 is 9.58. The summed E-state index contributed by atoms with van der Waals surface area (Å²) in [6.07, 6.45) is 1.66. The molecule has 0 radical (unpaired) electrons. The largest absolute Gasteiger partial charge is 0.460 e. The molecule has 0 fully saturated rings. The summed E-state index contributed by atoms with van der Waals surface area (Å²) in [5.41, 5.74) is 5.74. The van der Waals surface area contributed by atoms with E-state index in [-0.39, 0.29) is 24.4 Å². The number of carbonyl (C=O) groups is 1. The van der Waals surface area contributed by atoms with E-state index in [9.17, 15) is 4.79 Å². The van der Waals surface area contributed by atoms with Gasteiger partial charge < -0.3 is 15.0 Å². The number of rotatable bonds is 5. The van der Waals surface area contributed by atoms with Gasteiger partial charge in [-0.15, -0.1) is 0 Å². The van der Waals surface area contributed by atoms with Crippen molar-refractivity contribution >= 4 is 5.97 Å². The van der Waals surface area contributed by atoms with E-state index in [0.29, 0.717) is 0 Å². The lowest BCUT2D eigenvalue weighted by Crippen LogP contribution is -2.11. The van der Waals surface area contributed by atoms with Crippen molar-refractivity contribution in [1.82, 2.24) is 10.1 Å². The zero-order valence-corrected chi connectivity index (χ0v) is 8.90. The van der Waals surface area contributed by atoms with Crippen LogP contribution in [0, 0.1) is 0 Å². The molecule has 0 aliphatic carbocycles. The number of nitrogens with zero attached hydrogens (tertiary/aromatic N) is 2. The van der Waals surface area contributed by atoms with Gasteiger partial charge in [0.25, 0.3) is 5.82 Å². The zero-order valence-electron chi connectivity index (χ0n) is 8.90. The molecule has 0 saturated carbocycles. The molecule has 0 aliphatic heterocycles. The Hall–Kier alpha value is -1.43. The molecule has 1 heterocycles. The third kappa shape index (κ3) is 3.02. The summed E-state index contributed by atoms with van der Waals surface area (Å²) in [5, 5.41) is 3.50. The van der Waals surface area contributed by atoms with Crippen molar-refractivity contribution in [1.29, 1.82) is 0 Å². The van der Waals surface area contributed by atoms with E-state index >= 15 is 0 Å². The molecule has 1 aromatic rings. The molecule has 1 atom stereocenters. The Bertz CT molecular complexity index is 324. The predicted octanol–water partition coefficient (Wildman–Crippen LogP) is 1.05. The Morgan fingerprint density at radius 1 is 1.60 bits per heavy atom. The molecule has 0 spiro atoms. The number of esters is 1. The summed E-state index contributed by atoms with van der Waals surface area (Å²) >= 11 is 0. The lowest BCUT2D eigenvalue weighted by molar-refractivity contribution is 0.0508. The quantitative estimate of drug-likeness (QED) is 0.735. The average molecular weight is 213 g/mol. The number of hydrogen-bond donors (Lipinski definition) is 1. The molecule has 0 aromatic carbocycles. The fraction of sp³-hybridized carbons (Fsp3) is 0.667. The SMILES string of the molecule is CCC[C@H](N)c1nc(C(=O)OCC)no1. The Labute approximate surface area is 87.8 Å². The van der Waals surface area contributed by atoms with E-state index in [2.05, 4.69) is 10.1 Å². The number of ether oxygens (including phenoxy) is 1. The van der Waals surface area contributed by atoms with Crippen molar-refractivity contribution in [2.75, 3.05) is 6.61 Å². The van der Waals surface area contributed by atoms with Crippen LogP contribution in [0.2, 0.25) is 0 Å². The molecule has 84 valence electrons. The van der Waals surface area contributed by atoms with Gasteiger partial charge in [0.1, 0.15) is 0 Å². The maximum Gasteiger partial charge on any atom is 0.379 e. The van der Waals surface area contributed by atoms with Crippen molar-refractivity contribution in [2.24, 2.45) is 5.73 Å². The Kier molecular flexibility index (Phi) is 4.23. The third-order valence-electron chi connectivity index (χ3n) is 1.82. The van der Waals surface area contributed by atoms with E-state index in [4.69, 9.17) is 15.0 Å². The van der Waals surface area contributed by atoms with Gasteiger partial charge in [0.05, 0.1) is 12.6 Å². The molecule has 0 saturated heterocycles. The highest BCUT2D eigenvalue weighted by Crippen LogP contribution is 2.13. The van der Waals surface area contributed by atoms with Crippen molar-refractivity contribution in [3.63, 3.8) is 0 Å². The first-order valence-corrected chi connectivity index (χ1v) is 4.95. The third-order valence-corrected chi connectivity index (χ3v) is 1.82. The molecular formula is C9H15N3O3. The average Bonchev–Trinajstić information content (AvgIpc) is 2.67. The second kappa shape index (κ2) is 5.45. The van der Waals surface area contributed by atoms with Crippen molar-refractivity contribution in [2.45, 2.75) is 32.7 Å². The van der Waals surface area contributed by atoms with Crippen LogP contribution in [0.15, 0.2) is 4.52 Å². The minimum atomic E-state index is -0.587. The monoisotopic (exact) mass is 213 g/mol. The minimum absolute atomic E-state index is 0.0709. The summed E-state index contributed by atoms with van der Waals surface area (Å²) in [6.45, 7) is 3.99. The molecule has 0 bridgehead atoms. The number of aromatic nitrogens is 2. The molecule has 6 nitrogen and oxygen atoms in total. The van der Waals surface area contributed by atoms with Gasteiger partial charge in [-0.2, -0.15) is 4.98 Å². The second-order valence-electron chi connectivity index (χ2n) is 3.07. The maximum absolute atomic E-state index is 11.2. The number of hydrogen-bond acceptors (Lipinski definition) is 6. The summed E-state index contributed by atoms with van der Waals surface area (Å²) in [4.78, 5) is 15.1. The van der Waals surface area contributed by atoms with Crippen LogP contribution in [-0.2, 0) is 4.74 Å². The fourth-order valence-corrected chi connectivity index (χ4v) is 1.10. The predicted molar refractivity (Wildman–Crippen MR) is 52.1 cm³/mol. The van der Waals surface area contributed by atoms with E-state index in [0.717, 1.165) is 12.8 Å². The van der Waals surface area contributed by atoms with Crippen LogP contribution in [0.4, 0.5) is 0 Å². The fourth-order valence-electron chi connectivity index (χ4n) is 1.10. The molecule has 6 heteroatoms. The first kappa shape index (κ1) is 11.6. The first-order chi connectivity index (χ1) is 7.19. The molecule has 0 amide bonds. The van der Waals surface area contributed by atoms with Crippen LogP contribution < -0.4 is 5.73 Å². The van der Waals surface area contributed by atoms with E-state index in [1.165, 1.54) is 0 Å². The summed E-state index contributed by atoms with van der Waals surface area (Å²) in [6, 6.07) is -0.314. The molecule has 2 N–H and O–H groups in total. The smallest absolute Gasteiger partial charge is 0.379 e. The molecule has 1 aromatic heterocycles. The van der Waals surface area contributed by atoms with Gasteiger partial charge in [0.2, 0.25) is 5.89 Å².